The van der Waals surface area contributed by atoms with Crippen molar-refractivity contribution in [3.63, 3.8) is 0 Å². The zero-order valence-electron chi connectivity index (χ0n) is 4.09. The number of halogens is 1. The molecule has 0 bridgehead atoms. The predicted molar refractivity (Wildman–Crippen MR) is 27.0 cm³/mol. The van der Waals surface area contributed by atoms with Crippen LogP contribution in [0.4, 0.5) is 4.39 Å². The molecule has 0 rings (SSSR count). The predicted octanol–water partition coefficient (Wildman–Crippen LogP) is 1.33. The molecule has 1 heteroatoms. The average molecular weight is 96.1 g/mol. The van der Waals surface area contributed by atoms with E-state index in [9.17, 15) is 4.39 Å². The lowest BCUT2D eigenvalue weighted by atomic mass is 10.5. The highest BCUT2D eigenvalue weighted by molar-refractivity contribution is 5.23. The third-order valence-corrected chi connectivity index (χ3v) is 0.375. The fourth-order valence-corrected chi connectivity index (χ4v) is 0.156. The maximum atomic E-state index is 10.9. The Morgan fingerprint density at radius 2 is 2.14 bits per heavy atom. The number of hydrogen-bond acceptors (Lipinski definition) is 0. The van der Waals surface area contributed by atoms with Crippen LogP contribution < -0.4 is 0 Å². The lowest BCUT2D eigenvalue weighted by molar-refractivity contribution is 0.774. The average Bonchev–Trinajstić information content (AvgIpc) is 1.69. The van der Waals surface area contributed by atoms with Gasteiger partial charge in [-0.1, -0.05) is 12.8 Å². The van der Waals surface area contributed by atoms with Crippen LogP contribution in [-0.4, -0.2) is 0 Å². The van der Waals surface area contributed by atoms with E-state index < -0.39 is 0 Å². The van der Waals surface area contributed by atoms with Gasteiger partial charge >= 0.3 is 0 Å². The molecule has 0 N–H and O–H groups in total. The molecule has 0 saturated carbocycles. The summed E-state index contributed by atoms with van der Waals surface area (Å²) in [6.07, 6.45) is 1.91. The van der Waals surface area contributed by atoms with Gasteiger partial charge in [-0.05, 0) is 5.92 Å². The Morgan fingerprint density at radius 1 is 1.43 bits per heavy atom. The Bertz CT molecular complexity index is 137. The van der Waals surface area contributed by atoms with Crippen LogP contribution in [0.25, 0.3) is 0 Å². The number of hydrogen-bond donors (Lipinski definition) is 0. The molecular weight excluding hydrogens is 91.1 g/mol. The third kappa shape index (κ3) is 5.05. The molecule has 0 fully saturated rings. The zero-order chi connectivity index (χ0) is 5.54. The quantitative estimate of drug-likeness (QED) is 0.399. The highest BCUT2D eigenvalue weighted by atomic mass is 19.1. The van der Waals surface area contributed by atoms with E-state index in [1.54, 1.807) is 0 Å². The Kier molecular flexibility index (Phi) is 4.36. The molecule has 0 saturated heterocycles. The summed E-state index contributed by atoms with van der Waals surface area (Å²) < 4.78 is 10.9. The van der Waals surface area contributed by atoms with Crippen LogP contribution >= 0.6 is 0 Å². The molecule has 0 nitrogen and oxygen atoms in total. The van der Waals surface area contributed by atoms with E-state index in [4.69, 9.17) is 0 Å². The van der Waals surface area contributed by atoms with Crippen LogP contribution in [0.15, 0.2) is 0 Å². The van der Waals surface area contributed by atoms with Crippen LogP contribution in [0.3, 0.4) is 0 Å². The monoisotopic (exact) mass is 96.0 g/mol. The van der Waals surface area contributed by atoms with Crippen molar-refractivity contribution in [1.29, 1.82) is 0 Å². The largest absolute Gasteiger partial charge is 0.143 e. The molecule has 0 aromatic rings. The van der Waals surface area contributed by atoms with E-state index in [1.165, 1.54) is 6.17 Å². The molecule has 0 aromatic carbocycles. The van der Waals surface area contributed by atoms with Gasteiger partial charge in [0.05, 0.1) is 0 Å². The minimum absolute atomic E-state index is 0.731. The van der Waals surface area contributed by atoms with Crippen molar-refractivity contribution in [3.05, 3.63) is 0 Å². The minimum atomic E-state index is 0.731. The number of rotatable bonds is 0. The second-order valence-corrected chi connectivity index (χ2v) is 0.875. The first kappa shape index (κ1) is 6.05. The van der Waals surface area contributed by atoms with Crippen molar-refractivity contribution >= 4 is 0 Å². The van der Waals surface area contributed by atoms with Crippen molar-refractivity contribution < 1.29 is 4.39 Å². The Balaban J connectivity index is 3.39. The van der Waals surface area contributed by atoms with E-state index >= 15 is 0 Å². The molecular formula is C6H5F. The second kappa shape index (κ2) is 5.05. The third-order valence-electron chi connectivity index (χ3n) is 0.375. The summed E-state index contributed by atoms with van der Waals surface area (Å²) in [7, 11) is 0. The molecule has 0 aromatic heterocycles. The van der Waals surface area contributed by atoms with E-state index in [-0.39, 0.29) is 0 Å². The van der Waals surface area contributed by atoms with Gasteiger partial charge < -0.3 is 0 Å². The van der Waals surface area contributed by atoms with Crippen molar-refractivity contribution in [1.82, 2.24) is 0 Å². The van der Waals surface area contributed by atoms with Gasteiger partial charge in [-0.2, -0.15) is 0 Å². The molecule has 0 aliphatic carbocycles. The van der Waals surface area contributed by atoms with Crippen molar-refractivity contribution in [3.8, 4) is 23.9 Å². The Hall–Kier alpha value is -0.950. The fraction of sp³-hybridized carbons (Fsp3) is 0.333. The highest BCUT2D eigenvalue weighted by Gasteiger charge is 1.54. The van der Waals surface area contributed by atoms with Crippen LogP contribution in [-0.2, 0) is 0 Å². The topological polar surface area (TPSA) is 0 Å². The summed E-state index contributed by atoms with van der Waals surface area (Å²) in [5, 5.41) is 0. The normalized spacial score (nSPS) is 4.86. The molecule has 0 aliphatic heterocycles. The zero-order valence-corrected chi connectivity index (χ0v) is 4.09. The van der Waals surface area contributed by atoms with Crippen LogP contribution in [0.1, 0.15) is 13.3 Å². The molecule has 0 spiro atoms. The molecule has 0 radical (unpaired) electrons. The summed E-state index contributed by atoms with van der Waals surface area (Å²) in [6.45, 7) is 1.88. The summed E-state index contributed by atoms with van der Waals surface area (Å²) in [5.41, 5.74) is 0. The van der Waals surface area contributed by atoms with E-state index in [1.807, 2.05) is 12.8 Å². The van der Waals surface area contributed by atoms with Crippen LogP contribution in [0.5, 0.6) is 0 Å². The summed E-state index contributed by atoms with van der Waals surface area (Å²) in [5.74, 6) is 6.86. The molecule has 7 heavy (non-hydrogen) atoms. The van der Waals surface area contributed by atoms with Crippen molar-refractivity contribution in [2.24, 2.45) is 0 Å². The standard InChI is InChI=1S/C6H5F/c1-2-3-4-5-6-7/h2H2,1H3. The smallest absolute Gasteiger partial charge is 0.119 e. The van der Waals surface area contributed by atoms with Gasteiger partial charge in [0, 0.05) is 12.3 Å². The Labute approximate surface area is 42.7 Å². The summed E-state index contributed by atoms with van der Waals surface area (Å²) in [4.78, 5) is 0. The lowest BCUT2D eigenvalue weighted by Crippen LogP contribution is -1.50. The van der Waals surface area contributed by atoms with Gasteiger partial charge in [0.25, 0.3) is 0 Å². The Morgan fingerprint density at radius 3 is 2.57 bits per heavy atom. The molecule has 0 heterocycles. The minimum Gasteiger partial charge on any atom is -0.143 e. The van der Waals surface area contributed by atoms with Crippen LogP contribution in [0, 0.1) is 23.9 Å². The second-order valence-electron chi connectivity index (χ2n) is 0.875. The van der Waals surface area contributed by atoms with Gasteiger partial charge in [-0.15, -0.1) is 4.39 Å². The summed E-state index contributed by atoms with van der Waals surface area (Å²) >= 11 is 0. The first-order valence-electron chi connectivity index (χ1n) is 2.00. The van der Waals surface area contributed by atoms with Crippen molar-refractivity contribution in [2.75, 3.05) is 0 Å². The molecule has 0 atom stereocenters. The van der Waals surface area contributed by atoms with E-state index in [0.29, 0.717) is 0 Å². The first-order chi connectivity index (χ1) is 3.41. The summed E-state index contributed by atoms with van der Waals surface area (Å²) in [6, 6.07) is 0. The van der Waals surface area contributed by atoms with E-state index in [0.717, 1.165) is 6.42 Å². The van der Waals surface area contributed by atoms with Crippen molar-refractivity contribution in [2.45, 2.75) is 13.3 Å². The molecule has 0 aliphatic rings. The SMILES string of the molecule is CCC#CC#CF. The van der Waals surface area contributed by atoms with Crippen LogP contribution in [0.2, 0.25) is 0 Å². The molecule has 36 valence electrons. The van der Waals surface area contributed by atoms with Gasteiger partial charge in [-0.25, -0.2) is 0 Å². The maximum absolute atomic E-state index is 10.9. The fourth-order valence-electron chi connectivity index (χ4n) is 0.156. The first-order valence-corrected chi connectivity index (χ1v) is 2.00. The molecule has 0 amide bonds. The molecule has 0 unspecified atom stereocenters. The lowest BCUT2D eigenvalue weighted by Gasteiger charge is -1.58. The highest BCUT2D eigenvalue weighted by Crippen LogP contribution is 1.64. The van der Waals surface area contributed by atoms with E-state index in [2.05, 4.69) is 11.8 Å². The van der Waals surface area contributed by atoms with Gasteiger partial charge in [-0.3, -0.25) is 0 Å². The van der Waals surface area contributed by atoms with Gasteiger partial charge in [0.1, 0.15) is 6.17 Å². The maximum Gasteiger partial charge on any atom is 0.119 e. The van der Waals surface area contributed by atoms with Gasteiger partial charge in [0.15, 0.2) is 0 Å². The van der Waals surface area contributed by atoms with Gasteiger partial charge in [0.2, 0.25) is 0 Å².